The second-order valence-electron chi connectivity index (χ2n) is 13.6. The van der Waals surface area contributed by atoms with Gasteiger partial charge in [0, 0.05) is 43.7 Å². The molecule has 1 aromatic carbocycles. The van der Waals surface area contributed by atoms with E-state index in [2.05, 4.69) is 29.1 Å². The van der Waals surface area contributed by atoms with Gasteiger partial charge in [-0.2, -0.15) is 4.98 Å². The number of carbonyl (C=O) groups is 1. The van der Waals surface area contributed by atoms with Gasteiger partial charge in [0.25, 0.3) is 0 Å². The third-order valence-electron chi connectivity index (χ3n) is 9.00. The van der Waals surface area contributed by atoms with Crippen molar-refractivity contribution >= 4 is 29.3 Å². The first-order valence-electron chi connectivity index (χ1n) is 15.1. The molecule has 2 fully saturated rings. The van der Waals surface area contributed by atoms with Gasteiger partial charge in [0.2, 0.25) is 5.78 Å². The molecule has 2 aliphatic rings. The van der Waals surface area contributed by atoms with Gasteiger partial charge < -0.3 is 19.7 Å². The predicted octanol–water partition coefficient (Wildman–Crippen LogP) is 8.12. The Morgan fingerprint density at radius 2 is 1.77 bits per heavy atom. The summed E-state index contributed by atoms with van der Waals surface area (Å²) in [6.07, 6.45) is 8.18. The number of halogens is 3. The molecule has 0 aliphatic heterocycles. The fourth-order valence-corrected chi connectivity index (χ4v) is 6.45. The van der Waals surface area contributed by atoms with Crippen LogP contribution in [0.4, 0.5) is 19.4 Å². The predicted molar refractivity (Wildman–Crippen MR) is 164 cm³/mol. The smallest absolute Gasteiger partial charge is 0.410 e. The Hall–Kier alpha value is -3.14. The van der Waals surface area contributed by atoms with E-state index in [1.54, 1.807) is 28.7 Å². The van der Waals surface area contributed by atoms with Crippen molar-refractivity contribution in [3.63, 3.8) is 0 Å². The zero-order valence-corrected chi connectivity index (χ0v) is 26.8. The van der Waals surface area contributed by atoms with Gasteiger partial charge in [-0.25, -0.2) is 18.6 Å². The Labute approximate surface area is 257 Å². The molecule has 11 heteroatoms. The van der Waals surface area contributed by atoms with Crippen molar-refractivity contribution in [3.8, 4) is 16.9 Å². The van der Waals surface area contributed by atoms with Crippen LogP contribution < -0.4 is 10.1 Å². The number of hydrogen-bond donors (Lipinski definition) is 1. The standard InChI is InChI=1S/C32H42ClF2N5O3/c1-18(2)19(3)37-28-26(27(33)38-29-36-12-13-40(28)29)25-23(34)14-21(15-24(25)35)42-22-16-32(17-22)10-8-20(9-11-32)39(7)30(41)43-31(4,5)6/h12-15,18-20,22,37H,8-11,16-17H2,1-7H3/t19-,20?,22?,32?/m1/s1. The molecular formula is C32H42ClF2N5O3. The maximum atomic E-state index is 15.7. The first-order valence-corrected chi connectivity index (χ1v) is 15.4. The minimum atomic E-state index is -0.779. The Morgan fingerprint density at radius 3 is 2.35 bits per heavy atom. The van der Waals surface area contributed by atoms with Crippen molar-refractivity contribution in [1.82, 2.24) is 19.3 Å². The molecule has 0 saturated heterocycles. The lowest BCUT2D eigenvalue weighted by Crippen LogP contribution is -2.50. The van der Waals surface area contributed by atoms with Crippen molar-refractivity contribution in [2.45, 2.75) is 104 Å². The number of rotatable bonds is 7. The third kappa shape index (κ3) is 6.54. The molecule has 234 valence electrons. The molecule has 2 aromatic heterocycles. The van der Waals surface area contributed by atoms with Crippen molar-refractivity contribution < 1.29 is 23.0 Å². The van der Waals surface area contributed by atoms with E-state index in [1.807, 2.05) is 27.7 Å². The van der Waals surface area contributed by atoms with Gasteiger partial charge in [0.15, 0.2) is 0 Å². The van der Waals surface area contributed by atoms with Gasteiger partial charge in [0.05, 0.1) is 17.2 Å². The number of fused-ring (bicyclic) bond motifs is 1. The zero-order valence-electron chi connectivity index (χ0n) is 26.0. The molecule has 3 aromatic rings. The highest BCUT2D eigenvalue weighted by Gasteiger charge is 2.48. The zero-order chi connectivity index (χ0) is 31.3. The largest absolute Gasteiger partial charge is 0.490 e. The summed E-state index contributed by atoms with van der Waals surface area (Å²) in [6.45, 7) is 11.7. The van der Waals surface area contributed by atoms with Gasteiger partial charge in [-0.15, -0.1) is 0 Å². The third-order valence-corrected chi connectivity index (χ3v) is 9.28. The highest BCUT2D eigenvalue weighted by molar-refractivity contribution is 6.33. The lowest BCUT2D eigenvalue weighted by atomic mass is 9.58. The van der Waals surface area contributed by atoms with E-state index < -0.39 is 17.2 Å². The average molecular weight is 618 g/mol. The van der Waals surface area contributed by atoms with Crippen LogP contribution in [-0.2, 0) is 4.74 Å². The maximum Gasteiger partial charge on any atom is 0.410 e. The molecular weight excluding hydrogens is 576 g/mol. The van der Waals surface area contributed by atoms with E-state index in [-0.39, 0.29) is 57.6 Å². The monoisotopic (exact) mass is 617 g/mol. The highest BCUT2D eigenvalue weighted by atomic mass is 35.5. The Morgan fingerprint density at radius 1 is 1.14 bits per heavy atom. The lowest BCUT2D eigenvalue weighted by Gasteiger charge is -2.52. The van der Waals surface area contributed by atoms with Gasteiger partial charge in [-0.1, -0.05) is 25.4 Å². The number of ether oxygens (including phenoxy) is 2. The Balaban J connectivity index is 1.27. The topological polar surface area (TPSA) is 81.0 Å². The summed E-state index contributed by atoms with van der Waals surface area (Å²) >= 11 is 6.52. The van der Waals surface area contributed by atoms with Crippen LogP contribution in [0.25, 0.3) is 16.9 Å². The van der Waals surface area contributed by atoms with Crippen LogP contribution in [0.2, 0.25) is 5.15 Å². The summed E-state index contributed by atoms with van der Waals surface area (Å²) in [5.74, 6) is -0.409. The number of benzene rings is 1. The number of aromatic nitrogens is 3. The molecule has 1 N–H and O–H groups in total. The van der Waals surface area contributed by atoms with E-state index in [9.17, 15) is 4.79 Å². The highest BCUT2D eigenvalue weighted by Crippen LogP contribution is 2.53. The van der Waals surface area contributed by atoms with Gasteiger partial charge in [0.1, 0.15) is 34.0 Å². The number of anilines is 1. The van der Waals surface area contributed by atoms with Crippen molar-refractivity contribution in [2.75, 3.05) is 12.4 Å². The van der Waals surface area contributed by atoms with E-state index >= 15 is 8.78 Å². The van der Waals surface area contributed by atoms with Crippen LogP contribution in [0, 0.1) is 23.0 Å². The molecule has 5 rings (SSSR count). The second kappa shape index (κ2) is 11.7. The van der Waals surface area contributed by atoms with Crippen LogP contribution in [0.3, 0.4) is 0 Å². The van der Waals surface area contributed by atoms with Crippen LogP contribution in [0.1, 0.15) is 80.1 Å². The molecule has 2 aliphatic carbocycles. The Bertz CT molecular complexity index is 1470. The molecule has 0 bridgehead atoms. The fourth-order valence-electron chi connectivity index (χ4n) is 6.19. The van der Waals surface area contributed by atoms with Crippen LogP contribution in [-0.4, -0.2) is 56.2 Å². The van der Waals surface area contributed by atoms with Gasteiger partial charge in [-0.3, -0.25) is 4.40 Å². The van der Waals surface area contributed by atoms with Gasteiger partial charge in [-0.05, 0) is 77.6 Å². The number of carbonyl (C=O) groups excluding carboxylic acids is 1. The van der Waals surface area contributed by atoms with E-state index in [0.717, 1.165) is 38.5 Å². The molecule has 2 saturated carbocycles. The summed E-state index contributed by atoms with van der Waals surface area (Å²) in [6, 6.07) is 2.57. The number of imidazole rings is 1. The summed E-state index contributed by atoms with van der Waals surface area (Å²) in [5, 5.41) is 3.32. The quantitative estimate of drug-likeness (QED) is 0.270. The summed E-state index contributed by atoms with van der Waals surface area (Å²) in [5.41, 5.74) is -0.521. The molecule has 8 nitrogen and oxygen atoms in total. The number of nitrogens with one attached hydrogen (secondary N) is 1. The molecule has 1 atom stereocenters. The minimum Gasteiger partial charge on any atom is -0.490 e. The molecule has 1 spiro atoms. The molecule has 0 radical (unpaired) electrons. The molecule has 2 heterocycles. The van der Waals surface area contributed by atoms with Crippen molar-refractivity contribution in [2.24, 2.45) is 11.3 Å². The maximum absolute atomic E-state index is 15.7. The SMILES string of the molecule is CC(C)[C@@H](C)Nc1c(-c2c(F)cc(OC3CC4(CCC(N(C)C(=O)OC(C)(C)C)CC4)C3)cc2F)c(Cl)nc2nccn12. The molecule has 43 heavy (non-hydrogen) atoms. The number of hydrogen-bond acceptors (Lipinski definition) is 6. The average Bonchev–Trinajstić information content (AvgIpc) is 3.36. The number of amides is 1. The Kier molecular flexibility index (Phi) is 8.55. The first-order chi connectivity index (χ1) is 20.2. The fraction of sp³-hybridized carbons (Fsp3) is 0.594. The minimum absolute atomic E-state index is 0.0183. The molecule has 1 amide bonds. The van der Waals surface area contributed by atoms with E-state index in [0.29, 0.717) is 11.6 Å². The van der Waals surface area contributed by atoms with Crippen LogP contribution in [0.15, 0.2) is 24.5 Å². The first kappa shape index (κ1) is 31.3. The number of nitrogens with zero attached hydrogens (tertiary/aromatic N) is 4. The second-order valence-corrected chi connectivity index (χ2v) is 14.0. The van der Waals surface area contributed by atoms with Crippen molar-refractivity contribution in [3.05, 3.63) is 41.3 Å². The van der Waals surface area contributed by atoms with E-state index in [4.69, 9.17) is 21.1 Å². The van der Waals surface area contributed by atoms with Gasteiger partial charge >= 0.3 is 6.09 Å². The summed E-state index contributed by atoms with van der Waals surface area (Å²) in [7, 11) is 1.80. The summed E-state index contributed by atoms with van der Waals surface area (Å²) < 4.78 is 44.6. The van der Waals surface area contributed by atoms with Crippen molar-refractivity contribution in [1.29, 1.82) is 0 Å². The molecule has 0 unspecified atom stereocenters. The van der Waals surface area contributed by atoms with Crippen LogP contribution >= 0.6 is 11.6 Å². The summed E-state index contributed by atoms with van der Waals surface area (Å²) in [4.78, 5) is 22.7. The lowest BCUT2D eigenvalue weighted by molar-refractivity contribution is -0.0544. The van der Waals surface area contributed by atoms with Crippen LogP contribution in [0.5, 0.6) is 5.75 Å². The van der Waals surface area contributed by atoms with E-state index in [1.165, 1.54) is 12.1 Å². The normalized spacial score (nSPS) is 22.9.